The molecule has 1 fully saturated rings. The molecule has 1 aliphatic heterocycles. The Kier molecular flexibility index (Phi) is 6.27. The Morgan fingerprint density at radius 1 is 1.24 bits per heavy atom. The van der Waals surface area contributed by atoms with Gasteiger partial charge >= 0.3 is 0 Å². The van der Waals surface area contributed by atoms with Crippen LogP contribution in [-0.2, 0) is 14.8 Å². The summed E-state index contributed by atoms with van der Waals surface area (Å²) >= 11 is 0. The number of nitrogens with zero attached hydrogens (tertiary/aromatic N) is 1. The molecule has 1 saturated heterocycles. The second-order valence-electron chi connectivity index (χ2n) is 7.12. The normalized spacial score (nSPS) is 20.3. The smallest absolute Gasteiger partial charge is 0.224 e. The van der Waals surface area contributed by atoms with Crippen LogP contribution in [0.1, 0.15) is 55.0 Å². The molecule has 5 nitrogen and oxygen atoms in total. The van der Waals surface area contributed by atoms with Crippen LogP contribution in [0.2, 0.25) is 0 Å². The van der Waals surface area contributed by atoms with Gasteiger partial charge in [0.05, 0.1) is 17.7 Å². The largest absolute Gasteiger partial charge is 0.349 e. The predicted octanol–water partition coefficient (Wildman–Crippen LogP) is 2.85. The third kappa shape index (κ3) is 4.61. The zero-order valence-electron chi connectivity index (χ0n) is 15.9. The van der Waals surface area contributed by atoms with Crippen LogP contribution in [0.5, 0.6) is 0 Å². The van der Waals surface area contributed by atoms with Crippen LogP contribution in [0.15, 0.2) is 12.1 Å². The maximum absolute atomic E-state index is 12.7. The molecule has 1 amide bonds. The lowest BCUT2D eigenvalue weighted by atomic mass is 9.95. The van der Waals surface area contributed by atoms with E-state index in [2.05, 4.69) is 38.2 Å². The number of nitrogens with one attached hydrogen (secondary N) is 1. The van der Waals surface area contributed by atoms with Crippen LogP contribution in [0.4, 0.5) is 0 Å². The quantitative estimate of drug-likeness (QED) is 0.871. The Labute approximate surface area is 151 Å². The molecule has 6 heteroatoms. The molecule has 0 saturated carbocycles. The number of carbonyl (C=O) groups is 1. The van der Waals surface area contributed by atoms with Gasteiger partial charge in [-0.05, 0) is 69.7 Å². The van der Waals surface area contributed by atoms with E-state index in [1.54, 1.807) is 6.92 Å². The second kappa shape index (κ2) is 7.87. The number of carbonyl (C=O) groups excluding carboxylic acids is 1. The fraction of sp³-hybridized carbons (Fsp3) is 0.632. The summed E-state index contributed by atoms with van der Waals surface area (Å²) in [6.07, 6.45) is 1.47. The SMILES string of the molecule is CCS(=O)(=O)N1CCC[C@@H](C(=O)N[C@H](C)c2cc(C)c(C)cc2C)C1. The molecule has 1 heterocycles. The molecule has 0 aromatic heterocycles. The third-order valence-electron chi connectivity index (χ3n) is 5.22. The molecule has 0 unspecified atom stereocenters. The second-order valence-corrected chi connectivity index (χ2v) is 9.38. The molecule has 140 valence electrons. The van der Waals surface area contributed by atoms with E-state index in [0.717, 1.165) is 24.0 Å². The number of amides is 1. The maximum atomic E-state index is 12.7. The van der Waals surface area contributed by atoms with Gasteiger partial charge in [0.25, 0.3) is 0 Å². The van der Waals surface area contributed by atoms with Gasteiger partial charge in [-0.2, -0.15) is 0 Å². The van der Waals surface area contributed by atoms with Crippen molar-refractivity contribution in [1.82, 2.24) is 9.62 Å². The first-order valence-corrected chi connectivity index (χ1v) is 10.6. The first kappa shape index (κ1) is 19.9. The highest BCUT2D eigenvalue weighted by molar-refractivity contribution is 7.89. The van der Waals surface area contributed by atoms with E-state index in [9.17, 15) is 13.2 Å². The molecule has 25 heavy (non-hydrogen) atoms. The topological polar surface area (TPSA) is 66.5 Å². The van der Waals surface area contributed by atoms with Crippen LogP contribution in [0.25, 0.3) is 0 Å². The minimum Gasteiger partial charge on any atom is -0.349 e. The van der Waals surface area contributed by atoms with E-state index < -0.39 is 10.0 Å². The first-order chi connectivity index (χ1) is 11.7. The molecule has 2 rings (SSSR count). The number of hydrogen-bond donors (Lipinski definition) is 1. The number of rotatable bonds is 5. The van der Waals surface area contributed by atoms with Crippen LogP contribution >= 0.6 is 0 Å². The standard InChI is InChI=1S/C19H30N2O3S/c1-6-25(23,24)21-9-7-8-17(12-21)19(22)20-16(5)18-11-14(3)13(2)10-15(18)4/h10-11,16-17H,6-9,12H2,1-5H3,(H,20,22)/t16-,17-/m1/s1. The van der Waals surface area contributed by atoms with Crippen LogP contribution in [0.3, 0.4) is 0 Å². The summed E-state index contributed by atoms with van der Waals surface area (Å²) < 4.78 is 25.6. The molecule has 0 aliphatic carbocycles. The molecule has 1 aromatic carbocycles. The van der Waals surface area contributed by atoms with Crippen molar-refractivity contribution in [2.45, 2.75) is 53.5 Å². The summed E-state index contributed by atoms with van der Waals surface area (Å²) in [5.74, 6) is -0.245. The summed E-state index contributed by atoms with van der Waals surface area (Å²) in [7, 11) is -3.23. The molecule has 1 aromatic rings. The van der Waals surface area contributed by atoms with Crippen LogP contribution in [0, 0.1) is 26.7 Å². The molecule has 1 N–H and O–H groups in total. The minimum atomic E-state index is -3.23. The molecular formula is C19H30N2O3S. The minimum absolute atomic E-state index is 0.0545. The zero-order chi connectivity index (χ0) is 18.8. The van der Waals surface area contributed by atoms with Gasteiger partial charge in [0, 0.05) is 13.1 Å². The average molecular weight is 367 g/mol. The maximum Gasteiger partial charge on any atom is 0.224 e. The number of sulfonamides is 1. The van der Waals surface area contributed by atoms with Crippen molar-refractivity contribution >= 4 is 15.9 Å². The van der Waals surface area contributed by atoms with Gasteiger partial charge < -0.3 is 5.32 Å². The van der Waals surface area contributed by atoms with Crippen molar-refractivity contribution in [3.63, 3.8) is 0 Å². The molecule has 0 radical (unpaired) electrons. The highest BCUT2D eigenvalue weighted by Gasteiger charge is 2.32. The third-order valence-corrected chi connectivity index (χ3v) is 7.07. The van der Waals surface area contributed by atoms with E-state index in [4.69, 9.17) is 0 Å². The summed E-state index contributed by atoms with van der Waals surface area (Å²) in [4.78, 5) is 12.7. The predicted molar refractivity (Wildman–Crippen MR) is 101 cm³/mol. The monoisotopic (exact) mass is 366 g/mol. The van der Waals surface area contributed by atoms with E-state index in [1.165, 1.54) is 15.4 Å². The van der Waals surface area contributed by atoms with Gasteiger partial charge in [0.2, 0.25) is 15.9 Å². The molecule has 0 bridgehead atoms. The number of piperidine rings is 1. The van der Waals surface area contributed by atoms with E-state index in [1.807, 2.05) is 6.92 Å². The van der Waals surface area contributed by atoms with Crippen molar-refractivity contribution in [2.75, 3.05) is 18.8 Å². The molecule has 2 atom stereocenters. The zero-order valence-corrected chi connectivity index (χ0v) is 16.7. The van der Waals surface area contributed by atoms with Crippen molar-refractivity contribution in [3.05, 3.63) is 34.4 Å². The summed E-state index contributed by atoms with van der Waals surface area (Å²) in [6.45, 7) is 10.6. The Morgan fingerprint density at radius 2 is 1.88 bits per heavy atom. The number of aryl methyl sites for hydroxylation is 3. The van der Waals surface area contributed by atoms with Gasteiger partial charge in [-0.15, -0.1) is 0 Å². The fourth-order valence-electron chi connectivity index (χ4n) is 3.45. The lowest BCUT2D eigenvalue weighted by Crippen LogP contribution is -2.46. The summed E-state index contributed by atoms with van der Waals surface area (Å²) in [5, 5.41) is 3.08. The fourth-order valence-corrected chi connectivity index (χ4v) is 4.63. The van der Waals surface area contributed by atoms with Crippen LogP contribution in [-0.4, -0.2) is 37.5 Å². The Bertz CT molecular complexity index is 743. The lowest BCUT2D eigenvalue weighted by molar-refractivity contribution is -0.126. The van der Waals surface area contributed by atoms with Crippen molar-refractivity contribution in [3.8, 4) is 0 Å². The van der Waals surface area contributed by atoms with Gasteiger partial charge in [0.1, 0.15) is 0 Å². The van der Waals surface area contributed by atoms with Crippen LogP contribution < -0.4 is 5.32 Å². The van der Waals surface area contributed by atoms with Crippen molar-refractivity contribution in [1.29, 1.82) is 0 Å². The number of hydrogen-bond acceptors (Lipinski definition) is 3. The Balaban J connectivity index is 2.07. The lowest BCUT2D eigenvalue weighted by Gasteiger charge is -2.31. The van der Waals surface area contributed by atoms with Gasteiger partial charge in [-0.25, -0.2) is 12.7 Å². The van der Waals surface area contributed by atoms with Gasteiger partial charge in [-0.3, -0.25) is 4.79 Å². The van der Waals surface area contributed by atoms with E-state index in [-0.39, 0.29) is 23.6 Å². The summed E-state index contributed by atoms with van der Waals surface area (Å²) in [6, 6.07) is 4.18. The van der Waals surface area contributed by atoms with Gasteiger partial charge in [-0.1, -0.05) is 12.1 Å². The molecular weight excluding hydrogens is 336 g/mol. The summed E-state index contributed by atoms with van der Waals surface area (Å²) in [5.41, 5.74) is 4.73. The van der Waals surface area contributed by atoms with E-state index >= 15 is 0 Å². The average Bonchev–Trinajstić information content (AvgIpc) is 2.58. The van der Waals surface area contributed by atoms with Crippen molar-refractivity contribution in [2.24, 2.45) is 5.92 Å². The first-order valence-electron chi connectivity index (χ1n) is 9.01. The highest BCUT2D eigenvalue weighted by atomic mass is 32.2. The van der Waals surface area contributed by atoms with Gasteiger partial charge in [0.15, 0.2) is 0 Å². The Morgan fingerprint density at radius 3 is 2.52 bits per heavy atom. The number of benzene rings is 1. The van der Waals surface area contributed by atoms with Crippen molar-refractivity contribution < 1.29 is 13.2 Å². The highest BCUT2D eigenvalue weighted by Crippen LogP contribution is 2.24. The molecule has 0 spiro atoms. The van der Waals surface area contributed by atoms with E-state index in [0.29, 0.717) is 13.1 Å². The molecule has 1 aliphatic rings. The Hall–Kier alpha value is -1.40.